The van der Waals surface area contributed by atoms with Gasteiger partial charge in [-0.05, 0) is 36.8 Å². The minimum Gasteiger partial charge on any atom is -0.496 e. The molecule has 0 amide bonds. The van der Waals surface area contributed by atoms with Crippen LogP contribution in [0, 0.1) is 6.92 Å². The lowest BCUT2D eigenvalue weighted by Gasteiger charge is -2.08. The van der Waals surface area contributed by atoms with Crippen LogP contribution in [0.5, 0.6) is 11.5 Å². The van der Waals surface area contributed by atoms with E-state index in [1.165, 1.54) is 7.11 Å². The molecule has 6 nitrogen and oxygen atoms in total. The molecule has 2 aromatic carbocycles. The molecule has 7 heteroatoms. The number of nitrogens with two attached hydrogens (primary N) is 1. The molecule has 0 bridgehead atoms. The summed E-state index contributed by atoms with van der Waals surface area (Å²) in [6.45, 7) is 1.59. The van der Waals surface area contributed by atoms with Gasteiger partial charge in [-0.3, -0.25) is 0 Å². The highest BCUT2D eigenvalue weighted by atomic mass is 35.5. The smallest absolute Gasteiger partial charge is 0.372 e. The first-order valence-corrected chi connectivity index (χ1v) is 7.44. The van der Waals surface area contributed by atoms with Crippen molar-refractivity contribution >= 4 is 23.4 Å². The number of halogens is 1. The molecule has 0 saturated carbocycles. The molecule has 2 N–H and O–H groups in total. The van der Waals surface area contributed by atoms with Crippen molar-refractivity contribution in [3.8, 4) is 11.5 Å². The van der Waals surface area contributed by atoms with Crippen molar-refractivity contribution in [3.63, 3.8) is 0 Å². The SMILES string of the molecule is COc1ccc(Cl)cc1/C(N)=N/OC(=O)COc1ccccc1C. The number of aryl methyl sites for hydroxylation is 1. The monoisotopic (exact) mass is 348 g/mol. The van der Waals surface area contributed by atoms with Crippen LogP contribution in [0.3, 0.4) is 0 Å². The third-order valence-corrected chi connectivity index (χ3v) is 3.36. The molecule has 126 valence electrons. The number of hydrogen-bond donors (Lipinski definition) is 1. The number of oxime groups is 1. The Balaban J connectivity index is 1.98. The molecule has 0 unspecified atom stereocenters. The van der Waals surface area contributed by atoms with Crippen LogP contribution in [-0.2, 0) is 9.63 Å². The number of benzene rings is 2. The van der Waals surface area contributed by atoms with Crippen molar-refractivity contribution in [2.75, 3.05) is 13.7 Å². The lowest BCUT2D eigenvalue weighted by Crippen LogP contribution is -2.18. The van der Waals surface area contributed by atoms with E-state index in [0.717, 1.165) is 5.56 Å². The molecule has 0 radical (unpaired) electrons. The predicted molar refractivity (Wildman–Crippen MR) is 91.5 cm³/mol. The molecule has 0 spiro atoms. The highest BCUT2D eigenvalue weighted by molar-refractivity contribution is 6.31. The Kier molecular flexibility index (Phi) is 6.03. The first kappa shape index (κ1) is 17.6. The Bertz CT molecular complexity index is 762. The zero-order valence-electron chi connectivity index (χ0n) is 13.3. The number of nitrogens with zero attached hydrogens (tertiary/aromatic N) is 1. The van der Waals surface area contributed by atoms with Crippen LogP contribution in [0.2, 0.25) is 5.02 Å². The van der Waals surface area contributed by atoms with Gasteiger partial charge >= 0.3 is 5.97 Å². The Morgan fingerprint density at radius 2 is 1.96 bits per heavy atom. The number of carbonyl (C=O) groups is 1. The van der Waals surface area contributed by atoms with Gasteiger partial charge in [0.1, 0.15) is 11.5 Å². The average Bonchev–Trinajstić information content (AvgIpc) is 2.59. The summed E-state index contributed by atoms with van der Waals surface area (Å²) in [5, 5.41) is 4.06. The van der Waals surface area contributed by atoms with Crippen LogP contribution >= 0.6 is 11.6 Å². The molecule has 0 aliphatic heterocycles. The summed E-state index contributed by atoms with van der Waals surface area (Å²) in [5.74, 6) is 0.358. The van der Waals surface area contributed by atoms with Gasteiger partial charge in [0.25, 0.3) is 0 Å². The molecule has 0 fully saturated rings. The largest absolute Gasteiger partial charge is 0.496 e. The van der Waals surface area contributed by atoms with E-state index in [0.29, 0.717) is 22.1 Å². The molecule has 0 aromatic heterocycles. The van der Waals surface area contributed by atoms with Crippen LogP contribution in [0.15, 0.2) is 47.6 Å². The maximum absolute atomic E-state index is 11.7. The third-order valence-electron chi connectivity index (χ3n) is 3.12. The average molecular weight is 349 g/mol. The zero-order valence-corrected chi connectivity index (χ0v) is 14.0. The Hall–Kier alpha value is -2.73. The normalized spacial score (nSPS) is 11.0. The highest BCUT2D eigenvalue weighted by Gasteiger charge is 2.11. The minimum atomic E-state index is -0.679. The first-order chi connectivity index (χ1) is 11.5. The molecule has 0 aliphatic rings. The van der Waals surface area contributed by atoms with Gasteiger partial charge in [0.05, 0.1) is 12.7 Å². The van der Waals surface area contributed by atoms with Crippen molar-refractivity contribution in [2.45, 2.75) is 6.92 Å². The van der Waals surface area contributed by atoms with Gasteiger partial charge in [-0.2, -0.15) is 0 Å². The molecule has 0 aliphatic carbocycles. The Morgan fingerprint density at radius 1 is 1.21 bits per heavy atom. The fraction of sp³-hybridized carbons (Fsp3) is 0.176. The second-order valence-electron chi connectivity index (χ2n) is 4.84. The number of amidine groups is 1. The summed E-state index contributed by atoms with van der Waals surface area (Å²) in [6, 6.07) is 12.2. The van der Waals surface area contributed by atoms with E-state index >= 15 is 0 Å². The summed E-state index contributed by atoms with van der Waals surface area (Å²) >= 11 is 5.92. The van der Waals surface area contributed by atoms with E-state index < -0.39 is 5.97 Å². The van der Waals surface area contributed by atoms with Gasteiger partial charge in [-0.25, -0.2) is 4.79 Å². The van der Waals surface area contributed by atoms with Gasteiger partial charge < -0.3 is 20.0 Å². The van der Waals surface area contributed by atoms with E-state index in [1.807, 2.05) is 25.1 Å². The fourth-order valence-corrected chi connectivity index (χ4v) is 2.08. The first-order valence-electron chi connectivity index (χ1n) is 7.07. The van der Waals surface area contributed by atoms with Crippen LogP contribution in [-0.4, -0.2) is 25.5 Å². The number of hydrogen-bond acceptors (Lipinski definition) is 5. The maximum Gasteiger partial charge on any atom is 0.372 e. The summed E-state index contributed by atoms with van der Waals surface area (Å²) in [4.78, 5) is 16.5. The summed E-state index contributed by atoms with van der Waals surface area (Å²) in [5.41, 5.74) is 7.16. The molecule has 0 atom stereocenters. The lowest BCUT2D eigenvalue weighted by atomic mass is 10.2. The van der Waals surface area contributed by atoms with E-state index in [9.17, 15) is 4.79 Å². The molecular weight excluding hydrogens is 332 g/mol. The van der Waals surface area contributed by atoms with E-state index in [1.54, 1.807) is 24.3 Å². The number of rotatable bonds is 6. The molecular formula is C17H17ClN2O4. The van der Waals surface area contributed by atoms with Crippen molar-refractivity contribution < 1.29 is 19.1 Å². The van der Waals surface area contributed by atoms with Gasteiger partial charge in [0.2, 0.25) is 0 Å². The molecule has 2 rings (SSSR count). The predicted octanol–water partition coefficient (Wildman–Crippen LogP) is 2.90. The number of para-hydroxylation sites is 1. The lowest BCUT2D eigenvalue weighted by molar-refractivity contribution is -0.146. The van der Waals surface area contributed by atoms with E-state index in [-0.39, 0.29) is 12.4 Å². The van der Waals surface area contributed by atoms with Gasteiger partial charge in [-0.1, -0.05) is 35.0 Å². The van der Waals surface area contributed by atoms with Gasteiger partial charge in [0, 0.05) is 5.02 Å². The topological polar surface area (TPSA) is 83.1 Å². The maximum atomic E-state index is 11.7. The van der Waals surface area contributed by atoms with Crippen LogP contribution in [0.25, 0.3) is 0 Å². The van der Waals surface area contributed by atoms with Gasteiger partial charge in [-0.15, -0.1) is 0 Å². The van der Waals surface area contributed by atoms with Crippen LogP contribution < -0.4 is 15.2 Å². The van der Waals surface area contributed by atoms with Crippen LogP contribution in [0.4, 0.5) is 0 Å². The second kappa shape index (κ2) is 8.21. The molecule has 24 heavy (non-hydrogen) atoms. The highest BCUT2D eigenvalue weighted by Crippen LogP contribution is 2.22. The Morgan fingerprint density at radius 3 is 2.67 bits per heavy atom. The second-order valence-corrected chi connectivity index (χ2v) is 5.28. The standard InChI is InChI=1S/C17H17ClN2O4/c1-11-5-3-4-6-14(11)23-10-16(21)24-20-17(19)13-9-12(18)7-8-15(13)22-2/h3-9H,10H2,1-2H3,(H2,19,20). The van der Waals surface area contributed by atoms with Gasteiger partial charge in [0.15, 0.2) is 12.4 Å². The molecule has 0 heterocycles. The Labute approximate surface area is 144 Å². The van der Waals surface area contributed by atoms with E-state index in [2.05, 4.69) is 5.16 Å². The minimum absolute atomic E-state index is 0.0291. The molecule has 2 aromatic rings. The quantitative estimate of drug-likeness (QED) is 0.375. The summed E-state index contributed by atoms with van der Waals surface area (Å²) in [6.07, 6.45) is 0. The zero-order chi connectivity index (χ0) is 17.5. The fourth-order valence-electron chi connectivity index (χ4n) is 1.91. The molecule has 0 saturated heterocycles. The van der Waals surface area contributed by atoms with Crippen LogP contribution in [0.1, 0.15) is 11.1 Å². The third kappa shape index (κ3) is 4.63. The van der Waals surface area contributed by atoms with E-state index in [4.69, 9.17) is 31.6 Å². The number of methoxy groups -OCH3 is 1. The summed E-state index contributed by atoms with van der Waals surface area (Å²) in [7, 11) is 1.49. The number of carbonyl (C=O) groups excluding carboxylic acids is 1. The van der Waals surface area contributed by atoms with Crippen molar-refractivity contribution in [3.05, 3.63) is 58.6 Å². The van der Waals surface area contributed by atoms with Crippen molar-refractivity contribution in [1.82, 2.24) is 0 Å². The summed E-state index contributed by atoms with van der Waals surface area (Å²) < 4.78 is 10.5. The van der Waals surface area contributed by atoms with Crippen molar-refractivity contribution in [1.29, 1.82) is 0 Å². The number of ether oxygens (including phenoxy) is 2. The van der Waals surface area contributed by atoms with Crippen molar-refractivity contribution in [2.24, 2.45) is 10.9 Å².